The Morgan fingerprint density at radius 1 is 1.50 bits per heavy atom. The zero-order chi connectivity index (χ0) is 13.7. The van der Waals surface area contributed by atoms with Gasteiger partial charge < -0.3 is 9.64 Å². The van der Waals surface area contributed by atoms with Crippen LogP contribution in [0.15, 0.2) is 22.7 Å². The first-order valence-corrected chi connectivity index (χ1v) is 6.87. The van der Waals surface area contributed by atoms with Crippen LogP contribution in [0.1, 0.15) is 29.8 Å². The van der Waals surface area contributed by atoms with Gasteiger partial charge in [-0.25, -0.2) is 0 Å². The van der Waals surface area contributed by atoms with Crippen LogP contribution in [0, 0.1) is 6.92 Å². The van der Waals surface area contributed by atoms with Crippen molar-refractivity contribution in [3.05, 3.63) is 33.8 Å². The second-order valence-electron chi connectivity index (χ2n) is 4.33. The second-order valence-corrected chi connectivity index (χ2v) is 5.12. The fourth-order valence-corrected chi connectivity index (χ4v) is 2.39. The molecule has 3 nitrogen and oxygen atoms in total. The lowest BCUT2D eigenvalue weighted by atomic mass is 10.1. The Morgan fingerprint density at radius 3 is 2.72 bits per heavy atom. The Hall–Kier alpha value is -0.870. The second kappa shape index (κ2) is 6.90. The van der Waals surface area contributed by atoms with E-state index in [2.05, 4.69) is 15.9 Å². The Bertz CT molecular complexity index is 420. The third-order valence-corrected chi connectivity index (χ3v) is 4.02. The lowest BCUT2D eigenvalue weighted by Gasteiger charge is -2.28. The van der Waals surface area contributed by atoms with E-state index < -0.39 is 0 Å². The fourth-order valence-electron chi connectivity index (χ4n) is 1.95. The first-order valence-electron chi connectivity index (χ1n) is 6.07. The smallest absolute Gasteiger partial charge is 0.255 e. The van der Waals surface area contributed by atoms with Gasteiger partial charge in [-0.05, 0) is 48.3 Å². The molecule has 0 fully saturated rings. The first-order chi connectivity index (χ1) is 8.52. The molecule has 0 aliphatic carbocycles. The molecular formula is C14H20BrNO2. The van der Waals surface area contributed by atoms with Gasteiger partial charge in [0.05, 0.1) is 18.2 Å². The highest BCUT2D eigenvalue weighted by atomic mass is 79.9. The number of nitrogens with zero attached hydrogens (tertiary/aromatic N) is 1. The van der Waals surface area contributed by atoms with E-state index in [0.717, 1.165) is 10.0 Å². The molecule has 1 amide bonds. The van der Waals surface area contributed by atoms with Crippen LogP contribution in [0.4, 0.5) is 0 Å². The van der Waals surface area contributed by atoms with Crippen LogP contribution >= 0.6 is 15.9 Å². The highest BCUT2D eigenvalue weighted by Gasteiger charge is 2.21. The first kappa shape index (κ1) is 15.2. The van der Waals surface area contributed by atoms with Crippen molar-refractivity contribution in [2.24, 2.45) is 0 Å². The number of rotatable bonds is 5. The van der Waals surface area contributed by atoms with E-state index in [1.807, 2.05) is 43.9 Å². The lowest BCUT2D eigenvalue weighted by Crippen LogP contribution is -2.41. The van der Waals surface area contributed by atoms with Crippen molar-refractivity contribution >= 4 is 21.8 Å². The summed E-state index contributed by atoms with van der Waals surface area (Å²) in [6.45, 7) is 7.17. The summed E-state index contributed by atoms with van der Waals surface area (Å²) in [5, 5.41) is 0. The number of carbonyl (C=O) groups is 1. The maximum Gasteiger partial charge on any atom is 0.255 e. The number of hydrogen-bond acceptors (Lipinski definition) is 2. The van der Waals surface area contributed by atoms with E-state index in [0.29, 0.717) is 18.7 Å². The summed E-state index contributed by atoms with van der Waals surface area (Å²) in [5.41, 5.74) is 1.77. The van der Waals surface area contributed by atoms with E-state index >= 15 is 0 Å². The van der Waals surface area contributed by atoms with Crippen molar-refractivity contribution < 1.29 is 9.53 Å². The summed E-state index contributed by atoms with van der Waals surface area (Å²) in [5.74, 6) is 0.0395. The van der Waals surface area contributed by atoms with Crippen LogP contribution < -0.4 is 0 Å². The van der Waals surface area contributed by atoms with Crippen LogP contribution in [0.5, 0.6) is 0 Å². The van der Waals surface area contributed by atoms with E-state index in [4.69, 9.17) is 4.74 Å². The van der Waals surface area contributed by atoms with Gasteiger partial charge in [0.25, 0.3) is 5.91 Å². The summed E-state index contributed by atoms with van der Waals surface area (Å²) < 4.78 is 5.99. The van der Waals surface area contributed by atoms with Crippen LogP contribution in [-0.4, -0.2) is 37.1 Å². The van der Waals surface area contributed by atoms with E-state index in [-0.39, 0.29) is 11.9 Å². The zero-order valence-corrected chi connectivity index (χ0v) is 13.0. The number of benzene rings is 1. The molecule has 1 atom stereocenters. The van der Waals surface area contributed by atoms with Crippen LogP contribution in [0.3, 0.4) is 0 Å². The molecule has 0 aromatic heterocycles. The van der Waals surface area contributed by atoms with Gasteiger partial charge in [-0.15, -0.1) is 0 Å². The summed E-state index contributed by atoms with van der Waals surface area (Å²) in [6, 6.07) is 5.80. The van der Waals surface area contributed by atoms with Crippen LogP contribution in [-0.2, 0) is 4.74 Å². The standard InChI is InChI=1S/C14H20BrNO2/c1-5-16(11(3)9-18-4)14(17)12-8-6-7-10(2)13(12)15/h6-8,11H,5,9H2,1-4H3. The van der Waals surface area contributed by atoms with Crippen LogP contribution in [0.25, 0.3) is 0 Å². The monoisotopic (exact) mass is 313 g/mol. The molecule has 0 N–H and O–H groups in total. The molecule has 0 heterocycles. The summed E-state index contributed by atoms with van der Waals surface area (Å²) in [6.07, 6.45) is 0. The van der Waals surface area contributed by atoms with Crippen molar-refractivity contribution in [2.45, 2.75) is 26.8 Å². The van der Waals surface area contributed by atoms with Crippen molar-refractivity contribution in [3.63, 3.8) is 0 Å². The van der Waals surface area contributed by atoms with Crippen molar-refractivity contribution in [1.29, 1.82) is 0 Å². The van der Waals surface area contributed by atoms with Crippen molar-refractivity contribution in [1.82, 2.24) is 4.90 Å². The predicted molar refractivity (Wildman–Crippen MR) is 76.9 cm³/mol. The Labute approximate surface area is 117 Å². The molecule has 1 aromatic carbocycles. The van der Waals surface area contributed by atoms with Gasteiger partial charge in [0.2, 0.25) is 0 Å². The number of halogens is 1. The fraction of sp³-hybridized carbons (Fsp3) is 0.500. The lowest BCUT2D eigenvalue weighted by molar-refractivity contribution is 0.0578. The predicted octanol–water partition coefficient (Wildman–Crippen LogP) is 3.25. The van der Waals surface area contributed by atoms with E-state index in [1.165, 1.54) is 0 Å². The molecule has 0 aliphatic heterocycles. The van der Waals surface area contributed by atoms with Crippen molar-refractivity contribution in [2.75, 3.05) is 20.3 Å². The molecule has 0 saturated carbocycles. The van der Waals surface area contributed by atoms with Gasteiger partial charge in [-0.1, -0.05) is 12.1 Å². The van der Waals surface area contributed by atoms with Gasteiger partial charge in [-0.2, -0.15) is 0 Å². The SMILES string of the molecule is CCN(C(=O)c1cccc(C)c1Br)C(C)COC. The quantitative estimate of drug-likeness (QED) is 0.835. The van der Waals surface area contributed by atoms with E-state index in [1.54, 1.807) is 7.11 Å². The molecule has 1 aromatic rings. The van der Waals surface area contributed by atoms with Gasteiger partial charge in [-0.3, -0.25) is 4.79 Å². The molecule has 0 radical (unpaired) electrons. The Balaban J connectivity index is 3.00. The molecular weight excluding hydrogens is 294 g/mol. The Morgan fingerprint density at radius 2 is 2.17 bits per heavy atom. The molecule has 100 valence electrons. The third kappa shape index (κ3) is 3.33. The molecule has 18 heavy (non-hydrogen) atoms. The molecule has 1 unspecified atom stereocenters. The Kier molecular flexibility index (Phi) is 5.82. The van der Waals surface area contributed by atoms with Gasteiger partial charge in [0, 0.05) is 18.1 Å². The number of hydrogen-bond donors (Lipinski definition) is 0. The minimum Gasteiger partial charge on any atom is -0.383 e. The number of aryl methyl sites for hydroxylation is 1. The molecule has 4 heteroatoms. The summed E-state index contributed by atoms with van der Waals surface area (Å²) >= 11 is 3.49. The number of carbonyl (C=O) groups excluding carboxylic acids is 1. The maximum atomic E-state index is 12.5. The van der Waals surface area contributed by atoms with Gasteiger partial charge in [0.1, 0.15) is 0 Å². The number of methoxy groups -OCH3 is 1. The van der Waals surface area contributed by atoms with E-state index in [9.17, 15) is 4.79 Å². The topological polar surface area (TPSA) is 29.5 Å². The molecule has 0 aliphatic rings. The number of ether oxygens (including phenoxy) is 1. The van der Waals surface area contributed by atoms with Crippen LogP contribution in [0.2, 0.25) is 0 Å². The molecule has 1 rings (SSSR count). The summed E-state index contributed by atoms with van der Waals surface area (Å²) in [4.78, 5) is 14.3. The number of likely N-dealkylation sites (N-methyl/N-ethyl adjacent to an activating group) is 1. The maximum absolute atomic E-state index is 12.5. The molecule has 0 saturated heterocycles. The largest absolute Gasteiger partial charge is 0.383 e. The average Bonchev–Trinajstić information content (AvgIpc) is 2.33. The zero-order valence-electron chi connectivity index (χ0n) is 11.4. The normalized spacial score (nSPS) is 12.3. The van der Waals surface area contributed by atoms with Crippen molar-refractivity contribution in [3.8, 4) is 0 Å². The highest BCUT2D eigenvalue weighted by Crippen LogP contribution is 2.23. The minimum atomic E-state index is 0.0395. The molecule has 0 spiro atoms. The average molecular weight is 314 g/mol. The highest BCUT2D eigenvalue weighted by molar-refractivity contribution is 9.10. The minimum absolute atomic E-state index is 0.0395. The third-order valence-electron chi connectivity index (χ3n) is 2.96. The molecule has 0 bridgehead atoms. The number of amides is 1. The van der Waals surface area contributed by atoms with Gasteiger partial charge >= 0.3 is 0 Å². The van der Waals surface area contributed by atoms with Gasteiger partial charge in [0.15, 0.2) is 0 Å². The summed E-state index contributed by atoms with van der Waals surface area (Å²) in [7, 11) is 1.65.